The van der Waals surface area contributed by atoms with Crippen LogP contribution in [-0.4, -0.2) is 23.6 Å². The van der Waals surface area contributed by atoms with Gasteiger partial charge in [-0.05, 0) is 31.0 Å². The Balaban J connectivity index is 1.93. The van der Waals surface area contributed by atoms with Crippen molar-refractivity contribution < 1.29 is 0 Å². The highest BCUT2D eigenvalue weighted by Gasteiger charge is 2.23. The fourth-order valence-electron chi connectivity index (χ4n) is 2.77. The van der Waals surface area contributed by atoms with E-state index in [9.17, 15) is 0 Å². The molecule has 4 nitrogen and oxygen atoms in total. The second kappa shape index (κ2) is 5.59. The molecule has 0 spiro atoms. The third-order valence-electron chi connectivity index (χ3n) is 3.66. The summed E-state index contributed by atoms with van der Waals surface area (Å²) in [5.41, 5.74) is 3.73. The van der Waals surface area contributed by atoms with Crippen molar-refractivity contribution in [2.24, 2.45) is 5.92 Å². The molecular formula is C16H20N4. The van der Waals surface area contributed by atoms with E-state index >= 15 is 0 Å². The quantitative estimate of drug-likeness (QED) is 0.928. The van der Waals surface area contributed by atoms with Crippen LogP contribution in [0.3, 0.4) is 0 Å². The normalized spacial score (nSPS) is 17.9. The molecule has 1 aliphatic heterocycles. The Labute approximate surface area is 119 Å². The van der Waals surface area contributed by atoms with Gasteiger partial charge in [0.25, 0.3) is 0 Å². The summed E-state index contributed by atoms with van der Waals surface area (Å²) in [6.07, 6.45) is 4.94. The van der Waals surface area contributed by atoms with Crippen molar-refractivity contribution >= 4 is 11.6 Å². The molecule has 0 saturated carbocycles. The summed E-state index contributed by atoms with van der Waals surface area (Å²) in [6, 6.07) is 8.54. The molecule has 2 aromatic rings. The molecule has 1 aliphatic rings. The van der Waals surface area contributed by atoms with Crippen LogP contribution in [-0.2, 0) is 13.0 Å². The van der Waals surface area contributed by atoms with Gasteiger partial charge < -0.3 is 10.2 Å². The molecule has 2 heterocycles. The third kappa shape index (κ3) is 2.51. The van der Waals surface area contributed by atoms with Gasteiger partial charge in [0.05, 0.1) is 0 Å². The summed E-state index contributed by atoms with van der Waals surface area (Å²) in [5, 5.41) is 3.11. The minimum atomic E-state index is 0.616. The van der Waals surface area contributed by atoms with Crippen LogP contribution < -0.4 is 10.2 Å². The summed E-state index contributed by atoms with van der Waals surface area (Å²) < 4.78 is 0. The van der Waals surface area contributed by atoms with Crippen molar-refractivity contribution in [2.45, 2.75) is 19.9 Å². The van der Waals surface area contributed by atoms with Gasteiger partial charge in [-0.1, -0.05) is 25.1 Å². The Morgan fingerprint density at radius 3 is 2.75 bits per heavy atom. The molecular weight excluding hydrogens is 248 g/mol. The monoisotopic (exact) mass is 268 g/mol. The SMILES string of the molecule is CNCc1cnc(N2CC(C)Cc3ccccc32)nc1. The average molecular weight is 268 g/mol. The second-order valence-corrected chi connectivity index (χ2v) is 5.47. The van der Waals surface area contributed by atoms with Crippen molar-refractivity contribution in [3.05, 3.63) is 47.8 Å². The van der Waals surface area contributed by atoms with Gasteiger partial charge in [-0.25, -0.2) is 9.97 Å². The predicted molar refractivity (Wildman–Crippen MR) is 81.1 cm³/mol. The number of nitrogens with one attached hydrogen (secondary N) is 1. The number of para-hydroxylation sites is 1. The van der Waals surface area contributed by atoms with Gasteiger partial charge in [-0.15, -0.1) is 0 Å². The number of nitrogens with zero attached hydrogens (tertiary/aromatic N) is 3. The maximum atomic E-state index is 4.53. The minimum Gasteiger partial charge on any atom is -0.316 e. The minimum absolute atomic E-state index is 0.616. The van der Waals surface area contributed by atoms with Crippen LogP contribution >= 0.6 is 0 Å². The highest BCUT2D eigenvalue weighted by atomic mass is 15.3. The van der Waals surface area contributed by atoms with Crippen LogP contribution in [0.5, 0.6) is 0 Å². The molecule has 0 radical (unpaired) electrons. The maximum Gasteiger partial charge on any atom is 0.229 e. The van der Waals surface area contributed by atoms with E-state index in [1.165, 1.54) is 11.3 Å². The van der Waals surface area contributed by atoms with Crippen LogP contribution in [0.4, 0.5) is 11.6 Å². The molecule has 0 amide bonds. The molecule has 1 aromatic heterocycles. The van der Waals surface area contributed by atoms with E-state index in [0.29, 0.717) is 5.92 Å². The number of hydrogen-bond acceptors (Lipinski definition) is 4. The second-order valence-electron chi connectivity index (χ2n) is 5.47. The van der Waals surface area contributed by atoms with Crippen molar-refractivity contribution in [3.8, 4) is 0 Å². The summed E-state index contributed by atoms with van der Waals surface area (Å²) in [4.78, 5) is 11.3. The summed E-state index contributed by atoms with van der Waals surface area (Å²) in [6.45, 7) is 4.05. The Hall–Kier alpha value is -1.94. The van der Waals surface area contributed by atoms with Crippen molar-refractivity contribution in [1.82, 2.24) is 15.3 Å². The third-order valence-corrected chi connectivity index (χ3v) is 3.66. The Bertz CT molecular complexity index is 579. The zero-order valence-electron chi connectivity index (χ0n) is 12.0. The molecule has 1 aromatic carbocycles. The summed E-state index contributed by atoms with van der Waals surface area (Å²) in [7, 11) is 1.93. The van der Waals surface area contributed by atoms with Crippen LogP contribution in [0.25, 0.3) is 0 Å². The smallest absolute Gasteiger partial charge is 0.229 e. The van der Waals surface area contributed by atoms with Gasteiger partial charge >= 0.3 is 0 Å². The molecule has 0 saturated heterocycles. The molecule has 104 valence electrons. The van der Waals surface area contributed by atoms with Crippen LogP contribution in [0.1, 0.15) is 18.1 Å². The highest BCUT2D eigenvalue weighted by molar-refractivity contribution is 5.63. The standard InChI is InChI=1S/C16H20N4/c1-12-7-14-5-3-4-6-15(14)20(11-12)16-18-9-13(8-17-2)10-19-16/h3-6,9-10,12,17H,7-8,11H2,1-2H3. The van der Waals surface area contributed by atoms with E-state index < -0.39 is 0 Å². The molecule has 0 fully saturated rings. The van der Waals surface area contributed by atoms with Gasteiger partial charge in [0, 0.05) is 36.7 Å². The first-order chi connectivity index (χ1) is 9.78. The Kier molecular flexibility index (Phi) is 3.65. The van der Waals surface area contributed by atoms with Crippen LogP contribution in [0.2, 0.25) is 0 Å². The maximum absolute atomic E-state index is 4.53. The van der Waals surface area contributed by atoms with E-state index in [1.807, 2.05) is 19.4 Å². The Morgan fingerprint density at radius 1 is 1.25 bits per heavy atom. The lowest BCUT2D eigenvalue weighted by atomic mass is 9.94. The molecule has 0 aliphatic carbocycles. The van der Waals surface area contributed by atoms with Crippen LogP contribution in [0, 0.1) is 5.92 Å². The van der Waals surface area contributed by atoms with E-state index in [2.05, 4.69) is 51.4 Å². The summed E-state index contributed by atoms with van der Waals surface area (Å²) in [5.74, 6) is 1.41. The lowest BCUT2D eigenvalue weighted by Gasteiger charge is -2.33. The van der Waals surface area contributed by atoms with Gasteiger partial charge in [-0.3, -0.25) is 0 Å². The molecule has 4 heteroatoms. The fraction of sp³-hybridized carbons (Fsp3) is 0.375. The first-order valence-electron chi connectivity index (χ1n) is 7.09. The summed E-state index contributed by atoms with van der Waals surface area (Å²) >= 11 is 0. The zero-order valence-corrected chi connectivity index (χ0v) is 12.0. The Morgan fingerprint density at radius 2 is 2.00 bits per heavy atom. The van der Waals surface area contributed by atoms with Crippen molar-refractivity contribution in [1.29, 1.82) is 0 Å². The number of benzene rings is 1. The van der Waals surface area contributed by atoms with Gasteiger partial charge in [-0.2, -0.15) is 0 Å². The van der Waals surface area contributed by atoms with E-state index in [0.717, 1.165) is 31.0 Å². The number of anilines is 2. The molecule has 1 unspecified atom stereocenters. The van der Waals surface area contributed by atoms with Crippen molar-refractivity contribution in [2.75, 3.05) is 18.5 Å². The predicted octanol–water partition coefficient (Wildman–Crippen LogP) is 2.53. The number of fused-ring (bicyclic) bond motifs is 1. The van der Waals surface area contributed by atoms with E-state index in [1.54, 1.807) is 0 Å². The lowest BCUT2D eigenvalue weighted by molar-refractivity contribution is 0.557. The molecule has 0 bridgehead atoms. The zero-order chi connectivity index (χ0) is 13.9. The van der Waals surface area contributed by atoms with Gasteiger partial charge in [0.1, 0.15) is 0 Å². The number of hydrogen-bond donors (Lipinski definition) is 1. The first kappa shape index (κ1) is 13.1. The van der Waals surface area contributed by atoms with Gasteiger partial charge in [0.2, 0.25) is 5.95 Å². The number of rotatable bonds is 3. The molecule has 20 heavy (non-hydrogen) atoms. The molecule has 1 N–H and O–H groups in total. The van der Waals surface area contributed by atoms with Crippen LogP contribution in [0.15, 0.2) is 36.7 Å². The largest absolute Gasteiger partial charge is 0.316 e. The first-order valence-corrected chi connectivity index (χ1v) is 7.09. The topological polar surface area (TPSA) is 41.1 Å². The average Bonchev–Trinajstić information content (AvgIpc) is 2.47. The van der Waals surface area contributed by atoms with E-state index in [4.69, 9.17) is 0 Å². The van der Waals surface area contributed by atoms with Crippen molar-refractivity contribution in [3.63, 3.8) is 0 Å². The molecule has 3 rings (SSSR count). The fourth-order valence-corrected chi connectivity index (χ4v) is 2.77. The van der Waals surface area contributed by atoms with Gasteiger partial charge in [0.15, 0.2) is 0 Å². The number of aromatic nitrogens is 2. The highest BCUT2D eigenvalue weighted by Crippen LogP contribution is 2.33. The molecule has 1 atom stereocenters. The van der Waals surface area contributed by atoms with E-state index in [-0.39, 0.29) is 0 Å². The lowest BCUT2D eigenvalue weighted by Crippen LogP contribution is -2.31.